The number of carbonyl (C=O) groups excluding carboxylic acids is 7. The highest BCUT2D eigenvalue weighted by molar-refractivity contribution is 7.89. The molecule has 0 aliphatic carbocycles. The van der Waals surface area contributed by atoms with Gasteiger partial charge in [-0.1, -0.05) is 42.5 Å². The van der Waals surface area contributed by atoms with E-state index in [0.717, 1.165) is 19.1 Å². The Morgan fingerprint density at radius 1 is 0.591 bits per heavy atom. The molecule has 1 aromatic carbocycles. The lowest BCUT2D eigenvalue weighted by Crippen LogP contribution is -2.57. The third-order valence-corrected chi connectivity index (χ3v) is 9.85. The van der Waals surface area contributed by atoms with E-state index >= 15 is 0 Å². The standard InChI is InChI=1S/C21H27N3O12S.C16H25N3O8.2CH4/c1-10(2)18(20(32)22-11(9-25)7-17(29)30)23-19(31)14(4-6-16(27)28)24-37(35,36)12-3-5-15(26)13(8-12)21(33)34;1-8(2)14(16(27)18-10(7-20)6-13(24)25)19-15(26)11(17-9(3)21)4-5-12(22)23;;/h3,5,8-11,14,18,24,26H,4,6-7H2,1-2H3,(H,22,32)(H,23,31)(H,27,28)(H,29,30)(H,33,34);7-8,10-11,14H,4-6H2,1-3H3,(H,17,21)(H,18,27)(H,19,26)(H,22,23)(H,24,25);2*1H4/t11-,14-,18-;10-,11-,14-;;/m00../s1. The lowest BCUT2D eigenvalue weighted by Gasteiger charge is -2.26. The normalized spacial score (nSPS) is 13.3. The van der Waals surface area contributed by atoms with Crippen LogP contribution in [0.5, 0.6) is 5.75 Å². The first-order valence-electron chi connectivity index (χ1n) is 18.9. The SMILES string of the molecule is C.C.CC(=O)N[C@@H](CCC(=O)O)C(=O)N[C@H](C(=O)N[C@H](C=O)CC(=O)O)C(C)C.CC(C)[C@H](NC(=O)[C@H](CCC(=O)O)NS(=O)(=O)c1ccc(O)c(C(=O)O)c1)C(=O)N[C@H](C=O)CC(=O)O. The smallest absolute Gasteiger partial charge is 0.339 e. The van der Waals surface area contributed by atoms with Crippen LogP contribution in [0, 0.1) is 11.8 Å². The van der Waals surface area contributed by atoms with Gasteiger partial charge in [-0.3, -0.25) is 43.2 Å². The number of rotatable bonds is 27. The number of carboxylic acid groups (broad SMARTS) is 5. The molecule has 0 aromatic heterocycles. The number of aliphatic carboxylic acids is 4. The molecule has 0 aliphatic heterocycles. The number of benzene rings is 1. The second-order valence-electron chi connectivity index (χ2n) is 14.4. The van der Waals surface area contributed by atoms with Gasteiger partial charge in [0, 0.05) is 19.8 Å². The number of hydrogen-bond acceptors (Lipinski definition) is 15. The minimum absolute atomic E-state index is 0. The molecule has 1 aromatic rings. The van der Waals surface area contributed by atoms with Crippen molar-refractivity contribution in [1.29, 1.82) is 0 Å². The summed E-state index contributed by atoms with van der Waals surface area (Å²) < 4.78 is 27.6. The minimum Gasteiger partial charge on any atom is -0.507 e. The number of amides is 5. The van der Waals surface area contributed by atoms with E-state index in [0.29, 0.717) is 6.07 Å². The van der Waals surface area contributed by atoms with Crippen LogP contribution in [0.15, 0.2) is 23.1 Å². The van der Waals surface area contributed by atoms with E-state index in [-0.39, 0.29) is 40.3 Å². The van der Waals surface area contributed by atoms with Gasteiger partial charge in [0.25, 0.3) is 0 Å². The topological polar surface area (TPSA) is 433 Å². The summed E-state index contributed by atoms with van der Waals surface area (Å²) >= 11 is 0. The van der Waals surface area contributed by atoms with Crippen LogP contribution in [-0.2, 0) is 62.8 Å². The first-order valence-corrected chi connectivity index (χ1v) is 20.4. The number of phenols is 1. The molecule has 27 heteroatoms. The molecular weight excluding hydrogens is 905 g/mol. The maximum Gasteiger partial charge on any atom is 0.339 e. The summed E-state index contributed by atoms with van der Waals surface area (Å²) in [5.74, 6) is -12.7. The number of nitrogens with one attached hydrogen (secondary N) is 6. The van der Waals surface area contributed by atoms with Crippen molar-refractivity contribution in [3.8, 4) is 5.75 Å². The Morgan fingerprint density at radius 2 is 0.985 bits per heavy atom. The molecule has 0 fully saturated rings. The number of aromatic carboxylic acids is 1. The molecule has 6 atom stereocenters. The van der Waals surface area contributed by atoms with Gasteiger partial charge in [-0.05, 0) is 42.9 Å². The van der Waals surface area contributed by atoms with Crippen molar-refractivity contribution in [2.45, 2.75) is 129 Å². The van der Waals surface area contributed by atoms with Crippen LogP contribution in [0.3, 0.4) is 0 Å². The van der Waals surface area contributed by atoms with Gasteiger partial charge in [0.05, 0.1) is 29.8 Å². The van der Waals surface area contributed by atoms with Crippen molar-refractivity contribution < 1.29 is 96.6 Å². The van der Waals surface area contributed by atoms with Crippen molar-refractivity contribution in [1.82, 2.24) is 31.3 Å². The van der Waals surface area contributed by atoms with Crippen molar-refractivity contribution in [3.05, 3.63) is 23.8 Å². The molecule has 66 heavy (non-hydrogen) atoms. The van der Waals surface area contributed by atoms with E-state index < -0.39 is 159 Å². The average molecular weight is 965 g/mol. The van der Waals surface area contributed by atoms with Crippen LogP contribution in [0.4, 0.5) is 0 Å². The number of aromatic hydroxyl groups is 1. The summed E-state index contributed by atoms with van der Waals surface area (Å²) in [5.41, 5.74) is -0.739. The first-order chi connectivity index (χ1) is 29.6. The van der Waals surface area contributed by atoms with Crippen LogP contribution >= 0.6 is 0 Å². The Labute approximate surface area is 379 Å². The second kappa shape index (κ2) is 30.2. The third kappa shape index (κ3) is 23.6. The van der Waals surface area contributed by atoms with E-state index in [2.05, 4.69) is 26.6 Å². The Bertz CT molecular complexity index is 2030. The number of hydrogen-bond donors (Lipinski definition) is 12. The summed E-state index contributed by atoms with van der Waals surface area (Å²) in [6.07, 6.45) is -2.64. The van der Waals surface area contributed by atoms with Crippen LogP contribution < -0.4 is 31.3 Å². The molecule has 0 bridgehead atoms. The van der Waals surface area contributed by atoms with Gasteiger partial charge in [0.2, 0.25) is 39.6 Å². The van der Waals surface area contributed by atoms with Crippen molar-refractivity contribution >= 4 is 82.0 Å². The van der Waals surface area contributed by atoms with Gasteiger partial charge in [0.1, 0.15) is 48.1 Å². The Balaban J connectivity index is -0.00000122. The lowest BCUT2D eigenvalue weighted by molar-refractivity contribution is -0.140. The summed E-state index contributed by atoms with van der Waals surface area (Å²) in [6.45, 7) is 7.38. The fraction of sp³-hybridized carbons (Fsp3) is 0.538. The Kier molecular flexibility index (Phi) is 28.9. The average Bonchev–Trinajstić information content (AvgIpc) is 3.17. The van der Waals surface area contributed by atoms with Gasteiger partial charge < -0.3 is 66.8 Å². The van der Waals surface area contributed by atoms with Crippen molar-refractivity contribution in [2.75, 3.05) is 0 Å². The monoisotopic (exact) mass is 964 g/mol. The summed E-state index contributed by atoms with van der Waals surface area (Å²) in [5, 5.41) is 65.4. The molecule has 0 spiro atoms. The van der Waals surface area contributed by atoms with Gasteiger partial charge in [-0.15, -0.1) is 0 Å². The third-order valence-electron chi connectivity index (χ3n) is 8.38. The van der Waals surface area contributed by atoms with E-state index in [1.54, 1.807) is 13.8 Å². The van der Waals surface area contributed by atoms with E-state index in [1.807, 2.05) is 4.72 Å². The molecule has 26 nitrogen and oxygen atoms in total. The summed E-state index contributed by atoms with van der Waals surface area (Å²) in [4.78, 5) is 137. The fourth-order valence-electron chi connectivity index (χ4n) is 5.17. The Hall–Kier alpha value is -7.03. The van der Waals surface area contributed by atoms with Gasteiger partial charge in [-0.2, -0.15) is 4.72 Å². The van der Waals surface area contributed by atoms with Crippen LogP contribution in [0.2, 0.25) is 0 Å². The van der Waals surface area contributed by atoms with E-state index in [1.165, 1.54) is 13.8 Å². The van der Waals surface area contributed by atoms with Crippen LogP contribution in [-0.4, -0.2) is 147 Å². The number of carbonyl (C=O) groups is 12. The molecule has 12 N–H and O–H groups in total. The van der Waals surface area contributed by atoms with Crippen LogP contribution in [0.1, 0.15) is 98.4 Å². The molecule has 0 saturated carbocycles. The van der Waals surface area contributed by atoms with E-state index in [9.17, 15) is 71.1 Å². The molecule has 0 saturated heterocycles. The number of sulfonamides is 1. The highest BCUT2D eigenvalue weighted by Gasteiger charge is 2.33. The molecule has 5 amide bonds. The highest BCUT2D eigenvalue weighted by atomic mass is 32.2. The minimum atomic E-state index is -4.63. The zero-order chi connectivity index (χ0) is 49.6. The van der Waals surface area contributed by atoms with Gasteiger partial charge in [0.15, 0.2) is 0 Å². The first kappa shape index (κ1) is 63.3. The molecule has 0 heterocycles. The summed E-state index contributed by atoms with van der Waals surface area (Å²) in [6, 6.07) is -5.73. The quantitative estimate of drug-likeness (QED) is 0.0462. The van der Waals surface area contributed by atoms with Crippen molar-refractivity contribution in [2.24, 2.45) is 11.8 Å². The maximum absolute atomic E-state index is 12.9. The molecule has 0 radical (unpaired) electrons. The number of aldehydes is 2. The zero-order valence-corrected chi connectivity index (χ0v) is 35.9. The second-order valence-corrected chi connectivity index (χ2v) is 16.1. The largest absolute Gasteiger partial charge is 0.507 e. The van der Waals surface area contributed by atoms with Crippen LogP contribution in [0.25, 0.3) is 0 Å². The predicted octanol–water partition coefficient (Wildman–Crippen LogP) is -1.17. The zero-order valence-electron chi connectivity index (χ0n) is 35.1. The predicted molar refractivity (Wildman–Crippen MR) is 228 cm³/mol. The van der Waals surface area contributed by atoms with Gasteiger partial charge >= 0.3 is 29.8 Å². The molecule has 0 aliphatic rings. The highest BCUT2D eigenvalue weighted by Crippen LogP contribution is 2.22. The summed E-state index contributed by atoms with van der Waals surface area (Å²) in [7, 11) is -4.63. The van der Waals surface area contributed by atoms with Crippen molar-refractivity contribution in [3.63, 3.8) is 0 Å². The molecule has 0 unspecified atom stereocenters. The van der Waals surface area contributed by atoms with E-state index in [4.69, 9.17) is 25.5 Å². The fourth-order valence-corrected chi connectivity index (χ4v) is 6.42. The lowest BCUT2D eigenvalue weighted by atomic mass is 10.0. The molecule has 372 valence electrons. The molecule has 1 rings (SSSR count). The molecular formula is C39H60N6O20S. The maximum atomic E-state index is 12.9. The van der Waals surface area contributed by atoms with Gasteiger partial charge in [-0.25, -0.2) is 13.2 Å². The Morgan fingerprint density at radius 3 is 1.32 bits per heavy atom. The number of carboxylic acids is 5.